The summed E-state index contributed by atoms with van der Waals surface area (Å²) in [5.74, 6) is 0.647. The molecule has 0 amide bonds. The van der Waals surface area contributed by atoms with Crippen LogP contribution in [0.4, 0.5) is 17.6 Å². The Morgan fingerprint density at radius 1 is 0.840 bits per heavy atom. The van der Waals surface area contributed by atoms with Crippen molar-refractivity contribution < 1.29 is 9.59 Å². The average Bonchev–Trinajstić information content (AvgIpc) is 3.49. The minimum atomic E-state index is -0.473. The third kappa shape index (κ3) is 10.9. The minimum absolute atomic E-state index is 0.0351. The van der Waals surface area contributed by atoms with Crippen LogP contribution in [0.2, 0.25) is 20.1 Å². The number of nitrogen functional groups attached to an aromatic ring is 1. The molecule has 0 atom stereocenters. The van der Waals surface area contributed by atoms with Crippen LogP contribution in [0.1, 0.15) is 43.5 Å². The molecule has 0 aliphatic carbocycles. The van der Waals surface area contributed by atoms with Gasteiger partial charge >= 0.3 is 0 Å². The number of H-pyrrole nitrogens is 2. The molecule has 0 spiro atoms. The lowest BCUT2D eigenvalue weighted by atomic mass is 10.2. The predicted octanol–water partition coefficient (Wildman–Crippen LogP) is 5.69. The molecule has 50 heavy (non-hydrogen) atoms. The molecule has 0 aliphatic heterocycles. The summed E-state index contributed by atoms with van der Waals surface area (Å²) in [6.07, 6.45) is 3.53. The number of aromatic amines is 2. The number of hydrogen-bond donors (Lipinski definition) is 5. The number of aryl methyl sites for hydroxylation is 1. The lowest BCUT2D eigenvalue weighted by Gasteiger charge is -2.08. The van der Waals surface area contributed by atoms with Crippen molar-refractivity contribution in [3.05, 3.63) is 100 Å². The van der Waals surface area contributed by atoms with Crippen molar-refractivity contribution in [2.45, 2.75) is 46.3 Å². The van der Waals surface area contributed by atoms with Crippen LogP contribution in [-0.4, -0.2) is 54.0 Å². The Balaban J connectivity index is 0.000000225. The molecule has 262 valence electrons. The molecule has 0 saturated heterocycles. The maximum absolute atomic E-state index is 12.3. The number of fused-ring (bicyclic) bond motifs is 1. The van der Waals surface area contributed by atoms with E-state index in [1.807, 2.05) is 6.07 Å². The zero-order valence-electron chi connectivity index (χ0n) is 26.8. The average molecular weight is 762 g/mol. The van der Waals surface area contributed by atoms with Gasteiger partial charge in [0.2, 0.25) is 11.9 Å². The molecule has 3 heterocycles. The number of aromatic nitrogens is 6. The van der Waals surface area contributed by atoms with Gasteiger partial charge in [0.05, 0.1) is 26.3 Å². The van der Waals surface area contributed by atoms with E-state index in [-0.39, 0.29) is 34.5 Å². The molecule has 18 heteroatoms. The van der Waals surface area contributed by atoms with Gasteiger partial charge in [0.15, 0.2) is 5.52 Å². The summed E-state index contributed by atoms with van der Waals surface area (Å²) >= 11 is 23.7. The first-order valence-corrected chi connectivity index (χ1v) is 16.5. The van der Waals surface area contributed by atoms with Gasteiger partial charge < -0.3 is 16.4 Å². The fourth-order valence-electron chi connectivity index (χ4n) is 4.25. The monoisotopic (exact) mass is 760 g/mol. The summed E-state index contributed by atoms with van der Waals surface area (Å²) in [4.78, 5) is 64.1. The second-order valence-electron chi connectivity index (χ2n) is 10.9. The highest BCUT2D eigenvalue weighted by atomic mass is 35.5. The van der Waals surface area contributed by atoms with E-state index in [0.717, 1.165) is 11.1 Å². The number of nitrogens with one attached hydrogen (secondary N) is 4. The lowest BCUT2D eigenvalue weighted by molar-refractivity contribution is -0.117. The summed E-state index contributed by atoms with van der Waals surface area (Å²) in [5.41, 5.74) is 7.70. The van der Waals surface area contributed by atoms with Gasteiger partial charge in [0.25, 0.3) is 11.1 Å². The van der Waals surface area contributed by atoms with E-state index < -0.39 is 5.56 Å². The number of rotatable bonds is 13. The summed E-state index contributed by atoms with van der Waals surface area (Å²) in [6.45, 7) is 4.45. The Bertz CT molecular complexity index is 2160. The van der Waals surface area contributed by atoms with Crippen molar-refractivity contribution in [2.24, 2.45) is 4.99 Å². The maximum Gasteiger partial charge on any atom is 0.278 e. The van der Waals surface area contributed by atoms with Crippen molar-refractivity contribution in [2.75, 3.05) is 22.9 Å². The molecule has 0 unspecified atom stereocenters. The maximum atomic E-state index is 12.3. The number of nitrogens with zero attached hydrogens (tertiary/aromatic N) is 5. The number of carbonyl (C=O) groups excluding carboxylic acids is 2. The van der Waals surface area contributed by atoms with Crippen molar-refractivity contribution in [1.82, 2.24) is 29.7 Å². The van der Waals surface area contributed by atoms with Gasteiger partial charge in [0, 0.05) is 45.2 Å². The first-order valence-electron chi connectivity index (χ1n) is 15.0. The van der Waals surface area contributed by atoms with Crippen LogP contribution in [-0.2, 0) is 29.2 Å². The molecule has 14 nitrogen and oxygen atoms in total. The van der Waals surface area contributed by atoms with Gasteiger partial charge in [-0.3, -0.25) is 38.8 Å². The molecule has 0 aliphatic rings. The molecular formula is C32H32Cl4N10O4. The van der Waals surface area contributed by atoms with E-state index in [0.29, 0.717) is 76.1 Å². The van der Waals surface area contributed by atoms with Crippen LogP contribution in [0.15, 0.2) is 57.2 Å². The Hall–Kier alpha value is -4.76. The number of aliphatic imine (C=N–C) groups is 1. The molecule has 3 aromatic heterocycles. The van der Waals surface area contributed by atoms with Gasteiger partial charge in [-0.05, 0) is 49.2 Å². The Morgan fingerprint density at radius 2 is 1.40 bits per heavy atom. The largest absolute Gasteiger partial charge is 0.392 e. The van der Waals surface area contributed by atoms with E-state index in [1.165, 1.54) is 30.9 Å². The predicted molar refractivity (Wildman–Crippen MR) is 198 cm³/mol. The molecule has 2 aromatic carbocycles. The highest BCUT2D eigenvalue weighted by molar-refractivity contribution is 6.42. The molecule has 5 aromatic rings. The first kappa shape index (κ1) is 38.0. The number of halogens is 4. The van der Waals surface area contributed by atoms with Crippen molar-refractivity contribution in [3.8, 4) is 0 Å². The molecule has 5 rings (SSSR count). The van der Waals surface area contributed by atoms with Gasteiger partial charge in [0.1, 0.15) is 28.5 Å². The fourth-order valence-corrected chi connectivity index (χ4v) is 4.89. The van der Waals surface area contributed by atoms with E-state index in [9.17, 15) is 19.2 Å². The second-order valence-corrected chi connectivity index (χ2v) is 12.5. The van der Waals surface area contributed by atoms with Crippen LogP contribution in [0, 0.1) is 0 Å². The molecule has 0 bridgehead atoms. The van der Waals surface area contributed by atoms with E-state index >= 15 is 0 Å². The highest BCUT2D eigenvalue weighted by Crippen LogP contribution is 2.24. The van der Waals surface area contributed by atoms with Crippen molar-refractivity contribution >= 4 is 92.8 Å². The number of Topliss-reactive ketones (excluding diaryl/α,β-unsaturated/α-hetero) is 2. The third-order valence-corrected chi connectivity index (χ3v) is 8.33. The number of anilines is 3. The Morgan fingerprint density at radius 3 is 1.96 bits per heavy atom. The van der Waals surface area contributed by atoms with Crippen LogP contribution in [0.3, 0.4) is 0 Å². The Kier molecular flexibility index (Phi) is 13.5. The zero-order chi connectivity index (χ0) is 36.4. The second kappa shape index (κ2) is 17.8. The number of hydrogen-bond acceptors (Lipinski definition) is 11. The summed E-state index contributed by atoms with van der Waals surface area (Å²) in [7, 11) is 0. The van der Waals surface area contributed by atoms with Gasteiger partial charge in [-0.1, -0.05) is 58.5 Å². The topological polar surface area (TPSA) is 206 Å². The Labute approximate surface area is 305 Å². The molecule has 0 saturated carbocycles. The van der Waals surface area contributed by atoms with Gasteiger partial charge in [-0.25, -0.2) is 9.97 Å². The van der Waals surface area contributed by atoms with E-state index in [2.05, 4.69) is 40.7 Å². The highest BCUT2D eigenvalue weighted by Gasteiger charge is 2.12. The smallest absolute Gasteiger partial charge is 0.278 e. The van der Waals surface area contributed by atoms with E-state index in [1.54, 1.807) is 30.3 Å². The molecule has 0 radical (unpaired) electrons. The number of benzene rings is 2. The standard InChI is InChI=1S/C16H15Cl2N5O2.C16H17Cl2N5O2/c1-9(24)4-5-23-14-13(8-20-23)21-16(22-15(14)25)19-7-10-2-3-11(17)12(18)6-10;1-9(24)4-5-20-8-13-14(19)15(25)23-16(22-13)21-7-10-2-3-11(17)12(18)6-10/h2-3,6,8H,4-5,7H2,1H3,(H2,19,21,22,25);2-3,6,8H,4-5,7,19H2,1H3,(H2,21,22,23,25). The molecular weight excluding hydrogens is 730 g/mol. The van der Waals surface area contributed by atoms with Crippen LogP contribution in [0.25, 0.3) is 11.0 Å². The van der Waals surface area contributed by atoms with Crippen LogP contribution >= 0.6 is 46.4 Å². The number of nitrogens with two attached hydrogens (primary N) is 1. The quantitative estimate of drug-likeness (QED) is 0.0927. The third-order valence-electron chi connectivity index (χ3n) is 6.85. The molecule has 6 N–H and O–H groups in total. The van der Waals surface area contributed by atoms with Gasteiger partial charge in [-0.15, -0.1) is 0 Å². The summed E-state index contributed by atoms with van der Waals surface area (Å²) in [5, 5.41) is 12.0. The van der Waals surface area contributed by atoms with Crippen molar-refractivity contribution in [3.63, 3.8) is 0 Å². The fraction of sp³-hybridized carbons (Fsp3) is 0.250. The van der Waals surface area contributed by atoms with Crippen molar-refractivity contribution in [1.29, 1.82) is 0 Å². The number of ketones is 2. The molecule has 0 fully saturated rings. The van der Waals surface area contributed by atoms with Gasteiger partial charge in [-0.2, -0.15) is 5.10 Å². The normalized spacial score (nSPS) is 11.0. The lowest BCUT2D eigenvalue weighted by Crippen LogP contribution is -2.19. The summed E-state index contributed by atoms with van der Waals surface area (Å²) in [6, 6.07) is 10.5. The minimum Gasteiger partial charge on any atom is -0.392 e. The van der Waals surface area contributed by atoms with Crippen LogP contribution < -0.4 is 27.5 Å². The first-order chi connectivity index (χ1) is 23.8. The SMILES string of the molecule is CC(=O)CCN=Cc1nc(NCc2ccc(Cl)c(Cl)c2)[nH]c(=O)c1N.CC(=O)CCn1ncc2nc(NCc3ccc(Cl)c(Cl)c3)[nH]c(=O)c21. The zero-order valence-corrected chi connectivity index (χ0v) is 29.8. The summed E-state index contributed by atoms with van der Waals surface area (Å²) < 4.78 is 1.49. The van der Waals surface area contributed by atoms with Crippen LogP contribution in [0.5, 0.6) is 0 Å². The van der Waals surface area contributed by atoms with E-state index in [4.69, 9.17) is 52.1 Å². The number of carbonyl (C=O) groups is 2.